The molecule has 4 heteroatoms. The summed E-state index contributed by atoms with van der Waals surface area (Å²) >= 11 is 6.12. The zero-order chi connectivity index (χ0) is 14.0. The van der Waals surface area contributed by atoms with E-state index in [0.29, 0.717) is 10.6 Å². The molecule has 3 nitrogen and oxygen atoms in total. The van der Waals surface area contributed by atoms with Crippen molar-refractivity contribution in [2.45, 2.75) is 19.9 Å². The van der Waals surface area contributed by atoms with Gasteiger partial charge in [0.1, 0.15) is 11.5 Å². The molecule has 1 atom stereocenters. The van der Waals surface area contributed by atoms with Gasteiger partial charge in [0.25, 0.3) is 0 Å². The molecule has 0 spiro atoms. The van der Waals surface area contributed by atoms with Gasteiger partial charge in [0, 0.05) is 0 Å². The highest BCUT2D eigenvalue weighted by Gasteiger charge is 2.15. The maximum atomic E-state index is 9.83. The summed E-state index contributed by atoms with van der Waals surface area (Å²) in [7, 11) is 0. The lowest BCUT2D eigenvalue weighted by molar-refractivity contribution is 0.434. The first-order chi connectivity index (χ1) is 8.99. The first-order valence-corrected chi connectivity index (χ1v) is 6.40. The van der Waals surface area contributed by atoms with E-state index >= 15 is 0 Å². The van der Waals surface area contributed by atoms with Crippen molar-refractivity contribution in [2.24, 2.45) is 0 Å². The lowest BCUT2D eigenvalue weighted by atomic mass is 10.1. The Morgan fingerprint density at radius 3 is 2.37 bits per heavy atom. The van der Waals surface area contributed by atoms with Crippen molar-refractivity contribution in [2.75, 3.05) is 5.32 Å². The third kappa shape index (κ3) is 2.93. The number of phenolic OH excluding ortho intramolecular Hbond substituents is 2. The van der Waals surface area contributed by atoms with E-state index < -0.39 is 0 Å². The summed E-state index contributed by atoms with van der Waals surface area (Å²) in [5, 5.41) is 23.5. The molecule has 0 saturated heterocycles. The number of benzene rings is 2. The van der Waals surface area contributed by atoms with Crippen LogP contribution in [0.2, 0.25) is 5.02 Å². The number of hydrogen-bond donors (Lipinski definition) is 3. The van der Waals surface area contributed by atoms with E-state index in [4.69, 9.17) is 11.6 Å². The second-order valence-electron chi connectivity index (χ2n) is 4.56. The standard InChI is InChI=1S/C15H16ClNO2/c1-9-6-7-11(16)12(8-9)17-10(2)15-13(18)4-3-5-14(15)19/h3-8,10,17-19H,1-2H3. The Morgan fingerprint density at radius 2 is 1.74 bits per heavy atom. The minimum atomic E-state index is -0.263. The average Bonchev–Trinajstić information content (AvgIpc) is 2.33. The van der Waals surface area contributed by atoms with Crippen LogP contribution in [-0.4, -0.2) is 10.2 Å². The Balaban J connectivity index is 2.31. The molecule has 0 aliphatic carbocycles. The molecule has 0 amide bonds. The van der Waals surface area contributed by atoms with Gasteiger partial charge in [-0.05, 0) is 43.7 Å². The third-order valence-corrected chi connectivity index (χ3v) is 3.32. The Morgan fingerprint density at radius 1 is 1.11 bits per heavy atom. The predicted molar refractivity (Wildman–Crippen MR) is 78.0 cm³/mol. The number of phenols is 2. The van der Waals surface area contributed by atoms with Gasteiger partial charge < -0.3 is 15.5 Å². The van der Waals surface area contributed by atoms with Crippen LogP contribution in [0.3, 0.4) is 0 Å². The molecule has 0 aliphatic heterocycles. The molecule has 2 rings (SSSR count). The van der Waals surface area contributed by atoms with Gasteiger partial charge in [-0.25, -0.2) is 0 Å². The Labute approximate surface area is 117 Å². The Bertz CT molecular complexity index is 578. The average molecular weight is 278 g/mol. The molecule has 0 aliphatic rings. The van der Waals surface area contributed by atoms with E-state index in [1.807, 2.05) is 32.0 Å². The molecule has 0 fully saturated rings. The van der Waals surface area contributed by atoms with Crippen molar-refractivity contribution in [3.05, 3.63) is 52.5 Å². The van der Waals surface area contributed by atoms with Crippen LogP contribution in [0, 0.1) is 6.92 Å². The lowest BCUT2D eigenvalue weighted by Crippen LogP contribution is -2.07. The highest BCUT2D eigenvalue weighted by atomic mass is 35.5. The minimum Gasteiger partial charge on any atom is -0.507 e. The van der Waals surface area contributed by atoms with Gasteiger partial charge in [0.2, 0.25) is 0 Å². The van der Waals surface area contributed by atoms with Gasteiger partial charge in [0.15, 0.2) is 0 Å². The summed E-state index contributed by atoms with van der Waals surface area (Å²) in [5.41, 5.74) is 2.32. The van der Waals surface area contributed by atoms with Crippen molar-refractivity contribution in [3.8, 4) is 11.5 Å². The first kappa shape index (κ1) is 13.6. The highest BCUT2D eigenvalue weighted by molar-refractivity contribution is 6.33. The van der Waals surface area contributed by atoms with Crippen molar-refractivity contribution < 1.29 is 10.2 Å². The Hall–Kier alpha value is -1.87. The summed E-state index contributed by atoms with van der Waals surface area (Å²) in [5.74, 6) is 0.118. The second-order valence-corrected chi connectivity index (χ2v) is 4.97. The monoisotopic (exact) mass is 277 g/mol. The molecule has 2 aromatic rings. The number of anilines is 1. The lowest BCUT2D eigenvalue weighted by Gasteiger charge is -2.19. The van der Waals surface area contributed by atoms with Gasteiger partial charge >= 0.3 is 0 Å². The van der Waals surface area contributed by atoms with Crippen LogP contribution in [-0.2, 0) is 0 Å². The molecule has 0 saturated carbocycles. The SMILES string of the molecule is Cc1ccc(Cl)c(NC(C)c2c(O)cccc2O)c1. The van der Waals surface area contributed by atoms with Crippen LogP contribution in [0.15, 0.2) is 36.4 Å². The summed E-state index contributed by atoms with van der Waals surface area (Å²) in [6.45, 7) is 3.83. The molecule has 0 radical (unpaired) electrons. The molecule has 100 valence electrons. The normalized spacial score (nSPS) is 12.2. The zero-order valence-electron chi connectivity index (χ0n) is 10.8. The quantitative estimate of drug-likeness (QED) is 0.787. The summed E-state index contributed by atoms with van der Waals surface area (Å²) in [4.78, 5) is 0. The maximum absolute atomic E-state index is 9.83. The van der Waals surface area contributed by atoms with Crippen LogP contribution in [0.5, 0.6) is 11.5 Å². The fourth-order valence-electron chi connectivity index (χ4n) is 2.04. The van der Waals surface area contributed by atoms with Gasteiger partial charge in [-0.2, -0.15) is 0 Å². The van der Waals surface area contributed by atoms with Crippen molar-refractivity contribution in [1.82, 2.24) is 0 Å². The number of aromatic hydroxyl groups is 2. The molecule has 2 aromatic carbocycles. The minimum absolute atomic E-state index is 0.0591. The smallest absolute Gasteiger partial charge is 0.124 e. The first-order valence-electron chi connectivity index (χ1n) is 6.02. The van der Waals surface area contributed by atoms with Gasteiger partial charge in [-0.15, -0.1) is 0 Å². The number of nitrogens with one attached hydrogen (secondary N) is 1. The second kappa shape index (κ2) is 5.41. The van der Waals surface area contributed by atoms with Gasteiger partial charge in [-0.1, -0.05) is 23.7 Å². The molecule has 0 aromatic heterocycles. The van der Waals surface area contributed by atoms with E-state index in [2.05, 4.69) is 5.32 Å². The number of aryl methyl sites for hydroxylation is 1. The number of hydrogen-bond acceptors (Lipinski definition) is 3. The molecule has 1 unspecified atom stereocenters. The molecule has 0 bridgehead atoms. The van der Waals surface area contributed by atoms with Crippen LogP contribution in [0.1, 0.15) is 24.1 Å². The molecule has 0 heterocycles. The molecular weight excluding hydrogens is 262 g/mol. The maximum Gasteiger partial charge on any atom is 0.124 e. The molecule has 3 N–H and O–H groups in total. The van der Waals surface area contributed by atoms with Crippen molar-refractivity contribution in [3.63, 3.8) is 0 Å². The van der Waals surface area contributed by atoms with E-state index in [1.165, 1.54) is 0 Å². The van der Waals surface area contributed by atoms with E-state index in [9.17, 15) is 10.2 Å². The molecule has 19 heavy (non-hydrogen) atoms. The van der Waals surface area contributed by atoms with Gasteiger partial charge in [-0.3, -0.25) is 0 Å². The summed E-state index contributed by atoms with van der Waals surface area (Å²) in [6, 6.07) is 10.1. The van der Waals surface area contributed by atoms with Crippen molar-refractivity contribution in [1.29, 1.82) is 0 Å². The molecular formula is C15H16ClNO2. The third-order valence-electron chi connectivity index (χ3n) is 2.99. The van der Waals surface area contributed by atoms with Crippen LogP contribution >= 0.6 is 11.6 Å². The fraction of sp³-hybridized carbons (Fsp3) is 0.200. The summed E-state index contributed by atoms with van der Waals surface area (Å²) < 4.78 is 0. The number of rotatable bonds is 3. The van der Waals surface area contributed by atoms with Crippen LogP contribution < -0.4 is 5.32 Å². The van der Waals surface area contributed by atoms with Crippen LogP contribution in [0.25, 0.3) is 0 Å². The van der Waals surface area contributed by atoms with Crippen LogP contribution in [0.4, 0.5) is 5.69 Å². The van der Waals surface area contributed by atoms with E-state index in [-0.39, 0.29) is 17.5 Å². The van der Waals surface area contributed by atoms with E-state index in [0.717, 1.165) is 11.3 Å². The van der Waals surface area contributed by atoms with Gasteiger partial charge in [0.05, 0.1) is 22.3 Å². The predicted octanol–water partition coefficient (Wildman–Crippen LogP) is 4.23. The number of halogens is 1. The highest BCUT2D eigenvalue weighted by Crippen LogP contribution is 2.35. The summed E-state index contributed by atoms with van der Waals surface area (Å²) in [6.07, 6.45) is 0. The fourth-order valence-corrected chi connectivity index (χ4v) is 2.21. The Kier molecular flexibility index (Phi) is 3.86. The topological polar surface area (TPSA) is 52.5 Å². The van der Waals surface area contributed by atoms with E-state index in [1.54, 1.807) is 18.2 Å². The largest absolute Gasteiger partial charge is 0.507 e. The van der Waals surface area contributed by atoms with Crippen molar-refractivity contribution >= 4 is 17.3 Å². The zero-order valence-corrected chi connectivity index (χ0v) is 11.6.